The minimum absolute atomic E-state index is 0.327. The fourth-order valence-electron chi connectivity index (χ4n) is 0.958. The van der Waals surface area contributed by atoms with Gasteiger partial charge in [-0.15, -0.1) is 23.2 Å². The molecule has 1 atom stereocenters. The highest BCUT2D eigenvalue weighted by Crippen LogP contribution is 2.34. The second kappa shape index (κ2) is 3.38. The van der Waals surface area contributed by atoms with Crippen LogP contribution in [-0.4, -0.2) is 10.8 Å². The molecule has 0 saturated carbocycles. The van der Waals surface area contributed by atoms with Crippen molar-refractivity contribution in [1.29, 1.82) is 0 Å². The van der Waals surface area contributed by atoms with E-state index in [0.29, 0.717) is 12.3 Å². The molecule has 3 heteroatoms. The number of alkyl halides is 2. The van der Waals surface area contributed by atoms with E-state index < -0.39 is 0 Å². The van der Waals surface area contributed by atoms with E-state index in [4.69, 9.17) is 34.8 Å². The maximum Gasteiger partial charge on any atom is 0.0649 e. The Bertz CT molecular complexity index is 213. The molecule has 11 heavy (non-hydrogen) atoms. The minimum Gasteiger partial charge on any atom is -0.122 e. The van der Waals surface area contributed by atoms with E-state index in [2.05, 4.69) is 0 Å². The Hall–Kier alpha value is 0.350. The van der Waals surface area contributed by atoms with Gasteiger partial charge in [-0.3, -0.25) is 0 Å². The van der Waals surface area contributed by atoms with Crippen LogP contribution in [-0.2, 0) is 0 Å². The van der Waals surface area contributed by atoms with Gasteiger partial charge < -0.3 is 0 Å². The van der Waals surface area contributed by atoms with Crippen molar-refractivity contribution in [3.05, 3.63) is 22.8 Å². The van der Waals surface area contributed by atoms with Crippen molar-refractivity contribution in [3.8, 4) is 0 Å². The highest BCUT2D eigenvalue weighted by molar-refractivity contribution is 6.33. The van der Waals surface area contributed by atoms with E-state index in [-0.39, 0.29) is 4.87 Å². The molecular formula is C8H9Cl3. The van der Waals surface area contributed by atoms with Gasteiger partial charge in [-0.25, -0.2) is 0 Å². The van der Waals surface area contributed by atoms with Crippen LogP contribution in [0.3, 0.4) is 0 Å². The lowest BCUT2D eigenvalue weighted by atomic mass is 9.98. The quantitative estimate of drug-likeness (QED) is 0.581. The van der Waals surface area contributed by atoms with Crippen LogP contribution in [0.2, 0.25) is 0 Å². The summed E-state index contributed by atoms with van der Waals surface area (Å²) in [6.45, 7) is 1.93. The molecule has 0 nitrogen and oxygen atoms in total. The maximum atomic E-state index is 6.04. The first-order valence-electron chi connectivity index (χ1n) is 3.37. The number of allylic oxidation sites excluding steroid dienone is 4. The van der Waals surface area contributed by atoms with E-state index in [0.717, 1.165) is 10.6 Å². The summed E-state index contributed by atoms with van der Waals surface area (Å²) in [6, 6.07) is 0. The van der Waals surface area contributed by atoms with Gasteiger partial charge in [-0.1, -0.05) is 23.8 Å². The predicted molar refractivity (Wildman–Crippen MR) is 51.6 cm³/mol. The molecule has 0 aromatic rings. The van der Waals surface area contributed by atoms with E-state index in [1.165, 1.54) is 0 Å². The van der Waals surface area contributed by atoms with Crippen LogP contribution in [0.5, 0.6) is 0 Å². The van der Waals surface area contributed by atoms with Gasteiger partial charge in [0.05, 0.1) is 4.87 Å². The Morgan fingerprint density at radius 2 is 2.27 bits per heavy atom. The van der Waals surface area contributed by atoms with Crippen molar-refractivity contribution in [1.82, 2.24) is 0 Å². The number of hydrogen-bond donors (Lipinski definition) is 0. The Kier molecular flexibility index (Phi) is 2.90. The second-order valence-corrected chi connectivity index (χ2v) is 4.44. The van der Waals surface area contributed by atoms with Crippen LogP contribution in [0.25, 0.3) is 0 Å². The molecule has 1 aliphatic rings. The summed E-state index contributed by atoms with van der Waals surface area (Å²) in [7, 11) is 0. The van der Waals surface area contributed by atoms with Crippen LogP contribution in [0, 0.1) is 0 Å². The van der Waals surface area contributed by atoms with Crippen molar-refractivity contribution in [2.45, 2.75) is 18.2 Å². The van der Waals surface area contributed by atoms with Crippen LogP contribution in [0.4, 0.5) is 0 Å². The lowest BCUT2D eigenvalue weighted by molar-refractivity contribution is 0.767. The van der Waals surface area contributed by atoms with Gasteiger partial charge in [0, 0.05) is 17.3 Å². The van der Waals surface area contributed by atoms with E-state index in [9.17, 15) is 0 Å². The topological polar surface area (TPSA) is 0 Å². The standard InChI is InChI=1S/C8H9Cl3/c1-8(11)3-2-6(5-9)7(10)4-8/h2-3H,4-5H2,1H3. The van der Waals surface area contributed by atoms with Crippen LogP contribution in [0.1, 0.15) is 13.3 Å². The minimum atomic E-state index is -0.327. The summed E-state index contributed by atoms with van der Waals surface area (Å²) in [5.41, 5.74) is 0.978. The monoisotopic (exact) mass is 210 g/mol. The molecular weight excluding hydrogens is 202 g/mol. The van der Waals surface area contributed by atoms with Crippen LogP contribution >= 0.6 is 34.8 Å². The molecule has 0 aromatic carbocycles. The van der Waals surface area contributed by atoms with Gasteiger partial charge in [-0.05, 0) is 12.5 Å². The largest absolute Gasteiger partial charge is 0.122 e. The molecule has 0 aliphatic heterocycles. The summed E-state index contributed by atoms with van der Waals surface area (Å²) in [5.74, 6) is 0.461. The van der Waals surface area contributed by atoms with Crippen molar-refractivity contribution >= 4 is 34.8 Å². The van der Waals surface area contributed by atoms with Gasteiger partial charge in [-0.2, -0.15) is 0 Å². The Morgan fingerprint density at radius 3 is 2.73 bits per heavy atom. The maximum absolute atomic E-state index is 6.04. The summed E-state index contributed by atoms with van der Waals surface area (Å²) in [6.07, 6.45) is 4.50. The molecule has 62 valence electrons. The van der Waals surface area contributed by atoms with Gasteiger partial charge >= 0.3 is 0 Å². The normalized spacial score (nSPS) is 31.3. The molecule has 0 bridgehead atoms. The molecule has 0 N–H and O–H groups in total. The Morgan fingerprint density at radius 1 is 1.64 bits per heavy atom. The molecule has 1 unspecified atom stereocenters. The molecule has 0 fully saturated rings. The van der Waals surface area contributed by atoms with Crippen molar-refractivity contribution in [3.63, 3.8) is 0 Å². The average Bonchev–Trinajstić information content (AvgIpc) is 1.86. The smallest absolute Gasteiger partial charge is 0.0649 e. The predicted octanol–water partition coefficient (Wildman–Crippen LogP) is 3.68. The van der Waals surface area contributed by atoms with Crippen LogP contribution < -0.4 is 0 Å². The van der Waals surface area contributed by atoms with Gasteiger partial charge in [0.15, 0.2) is 0 Å². The van der Waals surface area contributed by atoms with Crippen LogP contribution in [0.15, 0.2) is 22.8 Å². The molecule has 0 spiro atoms. The van der Waals surface area contributed by atoms with Crippen molar-refractivity contribution in [2.24, 2.45) is 0 Å². The molecule has 0 saturated heterocycles. The van der Waals surface area contributed by atoms with Gasteiger partial charge in [0.25, 0.3) is 0 Å². The summed E-state index contributed by atoms with van der Waals surface area (Å²) in [5, 5.41) is 0.778. The highest BCUT2D eigenvalue weighted by atomic mass is 35.5. The highest BCUT2D eigenvalue weighted by Gasteiger charge is 2.23. The SMILES string of the molecule is CC1(Cl)C=CC(CCl)=C(Cl)C1. The van der Waals surface area contributed by atoms with E-state index in [1.54, 1.807) is 0 Å². The van der Waals surface area contributed by atoms with Crippen molar-refractivity contribution < 1.29 is 0 Å². The molecule has 0 aromatic heterocycles. The molecule has 0 heterocycles. The van der Waals surface area contributed by atoms with Gasteiger partial charge in [0.2, 0.25) is 0 Å². The Balaban J connectivity index is 2.82. The molecule has 0 radical (unpaired) electrons. The van der Waals surface area contributed by atoms with E-state index >= 15 is 0 Å². The molecule has 1 rings (SSSR count). The lowest BCUT2D eigenvalue weighted by Gasteiger charge is -2.22. The molecule has 1 aliphatic carbocycles. The third kappa shape index (κ3) is 2.40. The first-order valence-corrected chi connectivity index (χ1v) is 4.66. The van der Waals surface area contributed by atoms with Gasteiger partial charge in [0.1, 0.15) is 0 Å². The Labute approximate surface area is 81.8 Å². The third-order valence-corrected chi connectivity index (χ3v) is 2.55. The second-order valence-electron chi connectivity index (χ2n) is 2.85. The zero-order valence-corrected chi connectivity index (χ0v) is 8.47. The lowest BCUT2D eigenvalue weighted by Crippen LogP contribution is -2.16. The van der Waals surface area contributed by atoms with Crippen molar-refractivity contribution in [2.75, 3.05) is 5.88 Å². The fraction of sp³-hybridized carbons (Fsp3) is 0.500. The molecule has 0 amide bonds. The first-order chi connectivity index (χ1) is 5.05. The zero-order chi connectivity index (χ0) is 8.48. The summed E-state index contributed by atoms with van der Waals surface area (Å²) >= 11 is 17.6. The third-order valence-electron chi connectivity index (χ3n) is 1.63. The number of rotatable bonds is 1. The summed E-state index contributed by atoms with van der Waals surface area (Å²) in [4.78, 5) is -0.327. The zero-order valence-electron chi connectivity index (χ0n) is 6.20. The number of hydrogen-bond acceptors (Lipinski definition) is 0. The number of halogens is 3. The summed E-state index contributed by atoms with van der Waals surface area (Å²) < 4.78 is 0. The average molecular weight is 212 g/mol. The first kappa shape index (κ1) is 9.44. The fourth-order valence-corrected chi connectivity index (χ4v) is 1.95. The van der Waals surface area contributed by atoms with E-state index in [1.807, 2.05) is 19.1 Å².